The number of dihydropyridines is 1. The number of pyridine rings is 1. The van der Waals surface area contributed by atoms with E-state index in [9.17, 15) is 4.39 Å². The normalized spacial score (nSPS) is 16.0. The highest BCUT2D eigenvalue weighted by Gasteiger charge is 2.17. The number of anilines is 1. The van der Waals surface area contributed by atoms with Crippen LogP contribution in [0, 0.1) is 5.82 Å². The molecule has 1 aliphatic rings. The first kappa shape index (κ1) is 18.8. The van der Waals surface area contributed by atoms with E-state index in [1.54, 1.807) is 29.2 Å². The van der Waals surface area contributed by atoms with E-state index in [2.05, 4.69) is 42.4 Å². The van der Waals surface area contributed by atoms with Gasteiger partial charge < -0.3 is 5.73 Å². The lowest BCUT2D eigenvalue weighted by Crippen LogP contribution is -2.28. The molecule has 3 aromatic heterocycles. The number of hydrogen-bond acceptors (Lipinski definition) is 6. The Kier molecular flexibility index (Phi) is 4.76. The van der Waals surface area contributed by atoms with Crippen LogP contribution in [0.5, 0.6) is 0 Å². The predicted octanol–water partition coefficient (Wildman–Crippen LogP) is 3.87. The van der Waals surface area contributed by atoms with Gasteiger partial charge in [0, 0.05) is 41.9 Å². The number of aromatic nitrogens is 4. The minimum atomic E-state index is -0.304. The van der Waals surface area contributed by atoms with E-state index in [0.717, 1.165) is 28.8 Å². The van der Waals surface area contributed by atoms with Crippen LogP contribution in [0.4, 0.5) is 10.2 Å². The predicted molar refractivity (Wildman–Crippen MR) is 119 cm³/mol. The van der Waals surface area contributed by atoms with Crippen LogP contribution in [-0.4, -0.2) is 32.0 Å². The maximum Gasteiger partial charge on any atom is 0.165 e. The zero-order chi connectivity index (χ0) is 20.7. The molecule has 4 aromatic rings. The number of aliphatic imine (C=N–C) groups is 1. The van der Waals surface area contributed by atoms with Crippen molar-refractivity contribution in [3.63, 3.8) is 0 Å². The van der Waals surface area contributed by atoms with Crippen molar-refractivity contribution in [2.45, 2.75) is 19.1 Å². The topological polar surface area (TPSA) is 93.5 Å². The van der Waals surface area contributed by atoms with Crippen LogP contribution in [-0.2, 0) is 6.54 Å². The Bertz CT molecular complexity index is 1330. The van der Waals surface area contributed by atoms with E-state index in [0.29, 0.717) is 27.9 Å². The molecular weight excluding hydrogens is 449 g/mol. The summed E-state index contributed by atoms with van der Waals surface area (Å²) in [4.78, 5) is 13.6. The van der Waals surface area contributed by atoms with E-state index in [1.165, 1.54) is 12.1 Å². The second-order valence-electron chi connectivity index (χ2n) is 6.97. The van der Waals surface area contributed by atoms with Gasteiger partial charge in [-0.25, -0.2) is 9.37 Å². The lowest BCUT2D eigenvalue weighted by atomic mass is 10.1. The van der Waals surface area contributed by atoms with Gasteiger partial charge in [0.25, 0.3) is 0 Å². The number of hydrogen-bond donors (Lipinski definition) is 2. The van der Waals surface area contributed by atoms with Crippen molar-refractivity contribution in [3.8, 4) is 11.1 Å². The molecule has 0 saturated carbocycles. The van der Waals surface area contributed by atoms with Gasteiger partial charge in [-0.3, -0.25) is 15.3 Å². The molecule has 150 valence electrons. The zero-order valence-corrected chi connectivity index (χ0v) is 17.3. The van der Waals surface area contributed by atoms with Crippen molar-refractivity contribution in [2.24, 2.45) is 4.99 Å². The highest BCUT2D eigenvalue weighted by molar-refractivity contribution is 9.10. The van der Waals surface area contributed by atoms with E-state index < -0.39 is 0 Å². The molecule has 5 rings (SSSR count). The number of halogens is 2. The molecule has 1 atom stereocenters. The van der Waals surface area contributed by atoms with Crippen LogP contribution in [0.1, 0.15) is 12.1 Å². The second kappa shape index (κ2) is 7.58. The van der Waals surface area contributed by atoms with E-state index in [4.69, 9.17) is 10.7 Å². The Hall–Kier alpha value is -3.17. The number of nitrogens with zero attached hydrogens (tertiary/aromatic N) is 5. The number of nitrogens with two attached hydrogens (primary N) is 1. The average molecular weight is 466 g/mol. The highest BCUT2D eigenvalue weighted by atomic mass is 79.9. The summed E-state index contributed by atoms with van der Waals surface area (Å²) in [5, 5.41) is 8.47. The van der Waals surface area contributed by atoms with Crippen molar-refractivity contribution in [1.29, 1.82) is 0 Å². The molecule has 7 nitrogen and oxygen atoms in total. The lowest BCUT2D eigenvalue weighted by molar-refractivity contribution is 0.527. The molecule has 0 amide bonds. The summed E-state index contributed by atoms with van der Waals surface area (Å²) in [6, 6.07) is 6.40. The number of rotatable bonds is 4. The summed E-state index contributed by atoms with van der Waals surface area (Å²) in [5.41, 5.74) is 9.96. The molecule has 0 radical (unpaired) electrons. The van der Waals surface area contributed by atoms with Gasteiger partial charge in [-0.05, 0) is 46.3 Å². The Balaban J connectivity index is 1.55. The third-order valence-electron chi connectivity index (χ3n) is 5.00. The zero-order valence-electron chi connectivity index (χ0n) is 15.8. The number of benzene rings is 1. The van der Waals surface area contributed by atoms with Gasteiger partial charge >= 0.3 is 0 Å². The largest absolute Gasteiger partial charge is 0.383 e. The number of nitrogen functional groups attached to an aromatic ring is 1. The van der Waals surface area contributed by atoms with Crippen molar-refractivity contribution >= 4 is 44.5 Å². The van der Waals surface area contributed by atoms with Gasteiger partial charge in [0.2, 0.25) is 0 Å². The lowest BCUT2D eigenvalue weighted by Gasteiger charge is -2.15. The fourth-order valence-corrected chi connectivity index (χ4v) is 3.84. The van der Waals surface area contributed by atoms with Gasteiger partial charge in [0.1, 0.15) is 17.8 Å². The van der Waals surface area contributed by atoms with Crippen molar-refractivity contribution in [3.05, 3.63) is 64.8 Å². The molecule has 0 saturated heterocycles. The molecule has 0 aliphatic carbocycles. The number of fused-ring (bicyclic) bond motifs is 2. The molecule has 1 aromatic carbocycles. The van der Waals surface area contributed by atoms with E-state index in [1.807, 2.05) is 12.1 Å². The van der Waals surface area contributed by atoms with Crippen LogP contribution in [0.25, 0.3) is 27.7 Å². The first-order valence-corrected chi connectivity index (χ1v) is 10.2. The van der Waals surface area contributed by atoms with Gasteiger partial charge in [0.05, 0.1) is 21.9 Å². The van der Waals surface area contributed by atoms with Crippen LogP contribution < -0.4 is 11.1 Å². The van der Waals surface area contributed by atoms with Gasteiger partial charge in [-0.1, -0.05) is 6.08 Å². The van der Waals surface area contributed by atoms with E-state index in [-0.39, 0.29) is 12.0 Å². The quantitative estimate of drug-likeness (QED) is 0.476. The summed E-state index contributed by atoms with van der Waals surface area (Å²) in [5.74, 6) is 0.149. The maximum atomic E-state index is 13.7. The van der Waals surface area contributed by atoms with Gasteiger partial charge in [-0.2, -0.15) is 9.61 Å². The van der Waals surface area contributed by atoms with Crippen LogP contribution in [0.3, 0.4) is 0 Å². The molecule has 9 heteroatoms. The Labute approximate surface area is 179 Å². The van der Waals surface area contributed by atoms with Crippen LogP contribution >= 0.6 is 15.9 Å². The summed E-state index contributed by atoms with van der Waals surface area (Å²) in [6.07, 6.45) is 10.0. The van der Waals surface area contributed by atoms with Crippen molar-refractivity contribution in [1.82, 2.24) is 24.9 Å². The fraction of sp³-hybridized carbons (Fsp3) is 0.143. The minimum absolute atomic E-state index is 0.00474. The molecule has 1 aliphatic heterocycles. The fourth-order valence-electron chi connectivity index (χ4n) is 3.45. The molecule has 0 bridgehead atoms. The van der Waals surface area contributed by atoms with Crippen LogP contribution in [0.15, 0.2) is 58.3 Å². The minimum Gasteiger partial charge on any atom is -0.383 e. The van der Waals surface area contributed by atoms with Crippen molar-refractivity contribution in [2.75, 3.05) is 5.73 Å². The average Bonchev–Trinajstić information content (AvgIpc) is 3.19. The summed E-state index contributed by atoms with van der Waals surface area (Å²) in [6.45, 7) is 0.489. The maximum absolute atomic E-state index is 13.7. The molecule has 0 spiro atoms. The third-order valence-corrected chi connectivity index (χ3v) is 5.86. The molecule has 1 unspecified atom stereocenters. The van der Waals surface area contributed by atoms with E-state index >= 15 is 0 Å². The third kappa shape index (κ3) is 3.35. The smallest absolute Gasteiger partial charge is 0.165 e. The molecule has 4 heterocycles. The molecule has 0 fully saturated rings. The van der Waals surface area contributed by atoms with Gasteiger partial charge in [0.15, 0.2) is 5.65 Å². The summed E-state index contributed by atoms with van der Waals surface area (Å²) < 4.78 is 15.9. The number of allylic oxidation sites excluding steroid dienone is 1. The number of nitrogens with one attached hydrogen (secondary N) is 1. The second-order valence-corrected chi connectivity index (χ2v) is 7.76. The SMILES string of the molecule is Nc1c(Br)c(CNC2CC=CC=N2)nc2c(-c3cnc4ccc(F)cc4c3)cnn12. The Morgan fingerprint density at radius 1 is 1.27 bits per heavy atom. The molecular formula is C21H17BrFN7. The molecule has 30 heavy (non-hydrogen) atoms. The van der Waals surface area contributed by atoms with Gasteiger partial charge in [-0.15, -0.1) is 0 Å². The van der Waals surface area contributed by atoms with Crippen LogP contribution in [0.2, 0.25) is 0 Å². The monoisotopic (exact) mass is 465 g/mol. The Morgan fingerprint density at radius 2 is 2.17 bits per heavy atom. The molecule has 3 N–H and O–H groups in total. The summed E-state index contributed by atoms with van der Waals surface area (Å²) in [7, 11) is 0. The first-order valence-electron chi connectivity index (χ1n) is 9.39. The highest BCUT2D eigenvalue weighted by Crippen LogP contribution is 2.31. The standard InChI is InChI=1S/C21H17BrFN7/c22-19-17(11-27-18-3-1-2-6-25-18)29-21-15(10-28-30(21)20(19)24)13-7-12-8-14(23)4-5-16(12)26-9-13/h1-2,4-10,18,27H,3,11,24H2. The van der Waals surface area contributed by atoms with Crippen molar-refractivity contribution < 1.29 is 4.39 Å². The first-order chi connectivity index (χ1) is 14.6. The summed E-state index contributed by atoms with van der Waals surface area (Å²) >= 11 is 3.54. The Morgan fingerprint density at radius 3 is 3.00 bits per heavy atom.